The van der Waals surface area contributed by atoms with Gasteiger partial charge in [-0.2, -0.15) is 0 Å². The second-order valence-corrected chi connectivity index (χ2v) is 8.08. The number of hydrogen-bond acceptors (Lipinski definition) is 0. The fourth-order valence-electron chi connectivity index (χ4n) is 4.56. The molecule has 0 N–H and O–H groups in total. The molecule has 0 bridgehead atoms. The van der Waals surface area contributed by atoms with E-state index in [0.29, 0.717) is 0 Å². The summed E-state index contributed by atoms with van der Waals surface area (Å²) in [6.45, 7) is 15.6. The van der Waals surface area contributed by atoms with Crippen LogP contribution in [0, 0.1) is 41.5 Å². The van der Waals surface area contributed by atoms with E-state index in [1.165, 1.54) is 50.1 Å². The van der Waals surface area contributed by atoms with E-state index in [-0.39, 0.29) is 5.41 Å². The van der Waals surface area contributed by atoms with E-state index in [0.717, 1.165) is 0 Å². The summed E-state index contributed by atoms with van der Waals surface area (Å²) in [6, 6.07) is 20.6. The molecule has 0 amide bonds. The van der Waals surface area contributed by atoms with Gasteiger partial charge in [-0.1, -0.05) is 71.3 Å². The molecule has 0 heterocycles. The van der Waals surface area contributed by atoms with Gasteiger partial charge in [0.1, 0.15) is 0 Å². The number of hydrogen-bond donors (Lipinski definition) is 0. The van der Waals surface area contributed by atoms with Gasteiger partial charge in [0.15, 0.2) is 0 Å². The minimum atomic E-state index is -0.173. The van der Waals surface area contributed by atoms with Gasteiger partial charge in [-0.3, -0.25) is 0 Å². The van der Waals surface area contributed by atoms with Crippen LogP contribution in [0.5, 0.6) is 0 Å². The molecular weight excluding hydrogens is 312 g/mol. The lowest BCUT2D eigenvalue weighted by molar-refractivity contribution is 0.675. The highest BCUT2D eigenvalue weighted by Gasteiger charge is 2.34. The van der Waals surface area contributed by atoms with Gasteiger partial charge >= 0.3 is 0 Å². The molecule has 0 aliphatic rings. The monoisotopic (exact) mass is 342 g/mol. The quantitative estimate of drug-likeness (QED) is 0.454. The Hall–Kier alpha value is -2.34. The largest absolute Gasteiger partial charge is 0.0590 e. The average Bonchev–Trinajstić information content (AvgIpc) is 2.54. The van der Waals surface area contributed by atoms with Crippen LogP contribution in [0.1, 0.15) is 57.0 Å². The Bertz CT molecular complexity index is 835. The van der Waals surface area contributed by atoms with Crippen molar-refractivity contribution in [2.75, 3.05) is 0 Å². The first-order valence-electron chi connectivity index (χ1n) is 9.46. The molecule has 0 aliphatic carbocycles. The first kappa shape index (κ1) is 18.5. The van der Waals surface area contributed by atoms with Gasteiger partial charge in [-0.15, -0.1) is 0 Å². The first-order chi connectivity index (χ1) is 12.2. The highest BCUT2D eigenvalue weighted by molar-refractivity contribution is 5.57. The van der Waals surface area contributed by atoms with Crippen LogP contribution in [0.25, 0.3) is 0 Å². The van der Waals surface area contributed by atoms with Gasteiger partial charge in [0.25, 0.3) is 0 Å². The zero-order chi connectivity index (χ0) is 19.1. The van der Waals surface area contributed by atoms with Gasteiger partial charge in [0.05, 0.1) is 0 Å². The van der Waals surface area contributed by atoms with Crippen LogP contribution in [0.3, 0.4) is 0 Å². The van der Waals surface area contributed by atoms with E-state index in [2.05, 4.69) is 103 Å². The summed E-state index contributed by atoms with van der Waals surface area (Å²) in [6.07, 6.45) is 0. The fraction of sp³-hybridized carbons (Fsp3) is 0.308. The van der Waals surface area contributed by atoms with Gasteiger partial charge in [-0.25, -0.2) is 0 Å². The minimum absolute atomic E-state index is 0.173. The molecule has 0 fully saturated rings. The third-order valence-corrected chi connectivity index (χ3v) is 5.76. The van der Waals surface area contributed by atoms with Gasteiger partial charge in [0.2, 0.25) is 0 Å². The van der Waals surface area contributed by atoms with Crippen molar-refractivity contribution < 1.29 is 0 Å². The molecule has 0 spiro atoms. The number of rotatable bonds is 3. The molecule has 0 aromatic heterocycles. The molecule has 3 aromatic carbocycles. The molecule has 3 rings (SSSR count). The van der Waals surface area contributed by atoms with Crippen LogP contribution in [0.2, 0.25) is 0 Å². The Kier molecular flexibility index (Phi) is 4.80. The van der Waals surface area contributed by atoms with Crippen LogP contribution in [-0.2, 0) is 5.41 Å². The lowest BCUT2D eigenvalue weighted by atomic mass is 9.67. The van der Waals surface area contributed by atoms with E-state index < -0.39 is 0 Å². The predicted molar refractivity (Wildman–Crippen MR) is 113 cm³/mol. The standard InChI is InChI=1S/C26H30/c1-17-8-11-23(20(4)14-17)26(7,24-12-9-18(2)15-21(24)5)25-13-10-19(3)16-22(25)6/h8-16H,1-7H3. The molecule has 26 heavy (non-hydrogen) atoms. The third-order valence-electron chi connectivity index (χ3n) is 5.76. The Morgan fingerprint density at radius 2 is 0.731 bits per heavy atom. The molecular formula is C26H30. The molecule has 134 valence electrons. The summed E-state index contributed by atoms with van der Waals surface area (Å²) in [7, 11) is 0. The smallest absolute Gasteiger partial charge is 0.0431 e. The topological polar surface area (TPSA) is 0 Å². The SMILES string of the molecule is Cc1ccc(C(C)(c2ccc(C)cc2C)c2ccc(C)cc2C)c(C)c1. The maximum absolute atomic E-state index is 2.39. The van der Waals surface area contributed by atoms with Crippen molar-refractivity contribution in [3.05, 3.63) is 105 Å². The van der Waals surface area contributed by atoms with Crippen molar-refractivity contribution >= 4 is 0 Å². The summed E-state index contributed by atoms with van der Waals surface area (Å²) in [5.74, 6) is 0. The van der Waals surface area contributed by atoms with Crippen molar-refractivity contribution in [3.8, 4) is 0 Å². The molecule has 0 radical (unpaired) electrons. The van der Waals surface area contributed by atoms with Crippen molar-refractivity contribution in [1.82, 2.24) is 0 Å². The maximum Gasteiger partial charge on any atom is 0.0431 e. The summed E-state index contributed by atoms with van der Waals surface area (Å²) in [5, 5.41) is 0. The lowest BCUT2D eigenvalue weighted by Crippen LogP contribution is -2.28. The molecule has 3 aromatic rings. The predicted octanol–water partition coefficient (Wildman–Crippen LogP) is 6.89. The molecule has 0 saturated heterocycles. The molecule has 0 heteroatoms. The van der Waals surface area contributed by atoms with Gasteiger partial charge in [0, 0.05) is 5.41 Å². The van der Waals surface area contributed by atoms with E-state index in [1.807, 2.05) is 0 Å². The summed E-state index contributed by atoms with van der Waals surface area (Å²) < 4.78 is 0. The molecule has 0 unspecified atom stereocenters. The van der Waals surface area contributed by atoms with Crippen LogP contribution >= 0.6 is 0 Å². The Morgan fingerprint density at radius 1 is 0.462 bits per heavy atom. The normalized spacial score (nSPS) is 11.7. The summed E-state index contributed by atoms with van der Waals surface area (Å²) >= 11 is 0. The number of benzene rings is 3. The average molecular weight is 343 g/mol. The van der Waals surface area contributed by atoms with Gasteiger partial charge < -0.3 is 0 Å². The first-order valence-corrected chi connectivity index (χ1v) is 9.46. The van der Waals surface area contributed by atoms with E-state index >= 15 is 0 Å². The van der Waals surface area contributed by atoms with Crippen molar-refractivity contribution in [1.29, 1.82) is 0 Å². The third kappa shape index (κ3) is 3.09. The zero-order valence-corrected chi connectivity index (χ0v) is 17.2. The highest BCUT2D eigenvalue weighted by atomic mass is 14.4. The Labute approximate surface area is 158 Å². The molecule has 0 aliphatic heterocycles. The van der Waals surface area contributed by atoms with Crippen LogP contribution in [0.4, 0.5) is 0 Å². The van der Waals surface area contributed by atoms with Crippen LogP contribution in [-0.4, -0.2) is 0 Å². The van der Waals surface area contributed by atoms with Crippen molar-refractivity contribution in [2.24, 2.45) is 0 Å². The van der Waals surface area contributed by atoms with Crippen molar-refractivity contribution in [2.45, 2.75) is 53.9 Å². The minimum Gasteiger partial charge on any atom is -0.0590 e. The summed E-state index contributed by atoms with van der Waals surface area (Å²) in [4.78, 5) is 0. The second kappa shape index (κ2) is 6.76. The Morgan fingerprint density at radius 3 is 0.962 bits per heavy atom. The summed E-state index contributed by atoms with van der Waals surface area (Å²) in [5.41, 5.74) is 12.0. The van der Waals surface area contributed by atoms with Crippen LogP contribution < -0.4 is 0 Å². The maximum atomic E-state index is 2.39. The number of aryl methyl sites for hydroxylation is 6. The Balaban J connectivity index is 2.38. The highest BCUT2D eigenvalue weighted by Crippen LogP contribution is 2.43. The van der Waals surface area contributed by atoms with Crippen LogP contribution in [0.15, 0.2) is 54.6 Å². The van der Waals surface area contributed by atoms with E-state index in [1.54, 1.807) is 0 Å². The molecule has 0 saturated carbocycles. The van der Waals surface area contributed by atoms with Crippen molar-refractivity contribution in [3.63, 3.8) is 0 Å². The van der Waals surface area contributed by atoms with E-state index in [4.69, 9.17) is 0 Å². The molecule has 0 atom stereocenters. The molecule has 0 nitrogen and oxygen atoms in total. The lowest BCUT2D eigenvalue weighted by Gasteiger charge is -2.36. The fourth-order valence-corrected chi connectivity index (χ4v) is 4.56. The van der Waals surface area contributed by atoms with E-state index in [9.17, 15) is 0 Å². The van der Waals surface area contributed by atoms with Gasteiger partial charge in [-0.05, 0) is 81.8 Å². The zero-order valence-electron chi connectivity index (χ0n) is 17.2. The second-order valence-electron chi connectivity index (χ2n) is 8.08.